The summed E-state index contributed by atoms with van der Waals surface area (Å²) >= 11 is 12.6. The van der Waals surface area contributed by atoms with Crippen molar-refractivity contribution in [3.05, 3.63) is 39.9 Å². The molecule has 1 amide bonds. The van der Waals surface area contributed by atoms with E-state index in [0.29, 0.717) is 40.9 Å². The molecule has 0 bridgehead atoms. The third kappa shape index (κ3) is 3.29. The number of carbonyl (C=O) groups is 2. The molecule has 1 aliphatic rings. The van der Waals surface area contributed by atoms with Gasteiger partial charge in [0, 0.05) is 12.5 Å². The van der Waals surface area contributed by atoms with Crippen LogP contribution < -0.4 is 0 Å². The average molecular weight is 397 g/mol. The van der Waals surface area contributed by atoms with Crippen molar-refractivity contribution in [2.45, 2.75) is 38.6 Å². The van der Waals surface area contributed by atoms with E-state index in [1.165, 1.54) is 9.58 Å². The molecule has 1 aromatic heterocycles. The van der Waals surface area contributed by atoms with Gasteiger partial charge in [0.2, 0.25) is 5.82 Å². The van der Waals surface area contributed by atoms with E-state index in [2.05, 4.69) is 10.1 Å². The van der Waals surface area contributed by atoms with Gasteiger partial charge in [-0.2, -0.15) is 0 Å². The van der Waals surface area contributed by atoms with Crippen LogP contribution in [0.25, 0.3) is 5.69 Å². The Morgan fingerprint density at radius 1 is 1.27 bits per heavy atom. The lowest BCUT2D eigenvalue weighted by atomic mass is 10.2. The van der Waals surface area contributed by atoms with Crippen LogP contribution in [0.15, 0.2) is 18.2 Å². The number of aromatic nitrogens is 3. The second kappa shape index (κ2) is 7.25. The molecule has 1 N–H and O–H groups in total. The molecule has 26 heavy (non-hydrogen) atoms. The van der Waals surface area contributed by atoms with Crippen LogP contribution in [-0.2, 0) is 4.79 Å². The van der Waals surface area contributed by atoms with E-state index in [9.17, 15) is 14.7 Å². The van der Waals surface area contributed by atoms with Gasteiger partial charge < -0.3 is 10.0 Å². The zero-order valence-electron chi connectivity index (χ0n) is 14.3. The highest BCUT2D eigenvalue weighted by atomic mass is 35.5. The first kappa shape index (κ1) is 18.7. The number of hydrogen-bond donors (Lipinski definition) is 1. The molecule has 7 nitrogen and oxygen atoms in total. The predicted molar refractivity (Wildman–Crippen MR) is 97.2 cm³/mol. The maximum absolute atomic E-state index is 12.8. The Morgan fingerprint density at radius 2 is 1.92 bits per heavy atom. The molecule has 2 heterocycles. The number of hydrogen-bond acceptors (Lipinski definition) is 4. The third-order valence-corrected chi connectivity index (χ3v) is 4.90. The number of halogens is 2. The topological polar surface area (TPSA) is 88.3 Å². The molecule has 138 valence electrons. The lowest BCUT2D eigenvalue weighted by molar-refractivity contribution is -0.141. The first-order valence-corrected chi connectivity index (χ1v) is 9.02. The van der Waals surface area contributed by atoms with Crippen LogP contribution in [0.5, 0.6) is 0 Å². The van der Waals surface area contributed by atoms with E-state index in [1.807, 2.05) is 13.8 Å². The Labute approximate surface area is 160 Å². The largest absolute Gasteiger partial charge is 0.480 e. The van der Waals surface area contributed by atoms with Gasteiger partial charge in [0.05, 0.1) is 10.0 Å². The van der Waals surface area contributed by atoms with E-state index in [1.54, 1.807) is 18.2 Å². The van der Waals surface area contributed by atoms with Crippen LogP contribution >= 0.6 is 23.2 Å². The van der Waals surface area contributed by atoms with Crippen LogP contribution in [0.1, 0.15) is 49.1 Å². The average Bonchev–Trinajstić information content (AvgIpc) is 3.21. The van der Waals surface area contributed by atoms with Crippen molar-refractivity contribution in [3.8, 4) is 5.69 Å². The highest BCUT2D eigenvalue weighted by molar-refractivity contribution is 6.37. The highest BCUT2D eigenvalue weighted by Crippen LogP contribution is 2.30. The van der Waals surface area contributed by atoms with Gasteiger partial charge in [-0.25, -0.2) is 14.5 Å². The Balaban J connectivity index is 2.06. The summed E-state index contributed by atoms with van der Waals surface area (Å²) in [7, 11) is 0. The van der Waals surface area contributed by atoms with E-state index in [4.69, 9.17) is 23.2 Å². The third-order valence-electron chi connectivity index (χ3n) is 4.29. The molecule has 0 aliphatic carbocycles. The number of aliphatic carboxylic acids is 1. The van der Waals surface area contributed by atoms with Gasteiger partial charge in [-0.05, 0) is 25.0 Å². The quantitative estimate of drug-likeness (QED) is 0.855. The Bertz CT molecular complexity index is 845. The second-order valence-corrected chi connectivity index (χ2v) is 7.24. The number of likely N-dealkylation sites (tertiary alicyclic amines) is 1. The van der Waals surface area contributed by atoms with Crippen molar-refractivity contribution in [2.24, 2.45) is 0 Å². The van der Waals surface area contributed by atoms with Crippen molar-refractivity contribution in [2.75, 3.05) is 6.54 Å². The van der Waals surface area contributed by atoms with Gasteiger partial charge in [0.25, 0.3) is 5.91 Å². The molecule has 1 aromatic carbocycles. The van der Waals surface area contributed by atoms with Crippen LogP contribution in [0.2, 0.25) is 10.0 Å². The zero-order chi connectivity index (χ0) is 19.0. The van der Waals surface area contributed by atoms with Crippen molar-refractivity contribution in [3.63, 3.8) is 0 Å². The lowest BCUT2D eigenvalue weighted by Gasteiger charge is -2.19. The number of benzene rings is 1. The summed E-state index contributed by atoms with van der Waals surface area (Å²) in [4.78, 5) is 29.8. The van der Waals surface area contributed by atoms with Gasteiger partial charge in [0.1, 0.15) is 17.6 Å². The molecule has 1 unspecified atom stereocenters. The van der Waals surface area contributed by atoms with Crippen LogP contribution in [0, 0.1) is 0 Å². The highest BCUT2D eigenvalue weighted by Gasteiger charge is 2.36. The normalized spacial score (nSPS) is 17.1. The monoisotopic (exact) mass is 396 g/mol. The van der Waals surface area contributed by atoms with E-state index in [-0.39, 0.29) is 11.7 Å². The summed E-state index contributed by atoms with van der Waals surface area (Å²) in [5.41, 5.74) is 0.447. The number of amides is 1. The molecule has 1 aliphatic heterocycles. The summed E-state index contributed by atoms with van der Waals surface area (Å²) in [6.07, 6.45) is 1.06. The summed E-state index contributed by atoms with van der Waals surface area (Å²) in [6, 6.07) is 4.22. The maximum Gasteiger partial charge on any atom is 0.326 e. The molecular weight excluding hydrogens is 379 g/mol. The Hall–Kier alpha value is -2.12. The van der Waals surface area contributed by atoms with Crippen molar-refractivity contribution in [1.82, 2.24) is 19.7 Å². The maximum atomic E-state index is 12.8. The van der Waals surface area contributed by atoms with Crippen molar-refractivity contribution >= 4 is 35.1 Å². The molecule has 1 saturated heterocycles. The minimum absolute atomic E-state index is 0.0507. The number of rotatable bonds is 4. The van der Waals surface area contributed by atoms with Gasteiger partial charge in [0.15, 0.2) is 0 Å². The Morgan fingerprint density at radius 3 is 2.50 bits per heavy atom. The lowest BCUT2D eigenvalue weighted by Crippen LogP contribution is -2.40. The molecule has 0 saturated carbocycles. The zero-order valence-corrected chi connectivity index (χ0v) is 15.8. The van der Waals surface area contributed by atoms with E-state index >= 15 is 0 Å². The molecule has 9 heteroatoms. The smallest absolute Gasteiger partial charge is 0.326 e. The number of carboxylic acid groups (broad SMARTS) is 1. The van der Waals surface area contributed by atoms with Gasteiger partial charge in [-0.3, -0.25) is 4.79 Å². The van der Waals surface area contributed by atoms with E-state index in [0.717, 1.165) is 0 Å². The van der Waals surface area contributed by atoms with Gasteiger partial charge in [-0.15, -0.1) is 5.10 Å². The predicted octanol–water partition coefficient (Wildman–Crippen LogP) is 3.39. The second-order valence-electron chi connectivity index (χ2n) is 6.43. The fourth-order valence-electron chi connectivity index (χ4n) is 3.04. The molecule has 0 spiro atoms. The van der Waals surface area contributed by atoms with Gasteiger partial charge >= 0.3 is 5.97 Å². The number of nitrogens with zero attached hydrogens (tertiary/aromatic N) is 4. The molecule has 2 aromatic rings. The Kier molecular flexibility index (Phi) is 5.20. The molecular formula is C17H18Cl2N4O3. The van der Waals surface area contributed by atoms with Crippen LogP contribution in [-0.4, -0.2) is 49.2 Å². The van der Waals surface area contributed by atoms with E-state index < -0.39 is 17.9 Å². The number of carbonyl (C=O) groups excluding carboxylic acids is 1. The van der Waals surface area contributed by atoms with Gasteiger partial charge in [-0.1, -0.05) is 43.1 Å². The van der Waals surface area contributed by atoms with Crippen LogP contribution in [0.3, 0.4) is 0 Å². The molecule has 1 atom stereocenters. The SMILES string of the molecule is CC(C)c1nc(C(=O)N2CCCC2C(=O)O)nn1-c1c(Cl)cccc1Cl. The molecule has 3 rings (SSSR count). The van der Waals surface area contributed by atoms with Crippen molar-refractivity contribution in [1.29, 1.82) is 0 Å². The number of para-hydroxylation sites is 1. The minimum Gasteiger partial charge on any atom is -0.480 e. The summed E-state index contributed by atoms with van der Waals surface area (Å²) < 4.78 is 1.47. The summed E-state index contributed by atoms with van der Waals surface area (Å²) in [6.45, 7) is 4.19. The first-order valence-electron chi connectivity index (χ1n) is 8.26. The standard InChI is InChI=1S/C17H18Cl2N4O3/c1-9(2)15-20-14(16(24)22-8-4-7-12(22)17(25)26)21-23(15)13-10(18)5-3-6-11(13)19/h3,5-6,9,12H,4,7-8H2,1-2H3,(H,25,26). The van der Waals surface area contributed by atoms with Crippen molar-refractivity contribution < 1.29 is 14.7 Å². The number of carboxylic acids is 1. The first-order chi connectivity index (χ1) is 12.3. The summed E-state index contributed by atoms with van der Waals surface area (Å²) in [5, 5.41) is 14.4. The summed E-state index contributed by atoms with van der Waals surface area (Å²) in [5.74, 6) is -1.11. The fourth-order valence-corrected chi connectivity index (χ4v) is 3.60. The molecule has 0 radical (unpaired) electrons. The fraction of sp³-hybridized carbons (Fsp3) is 0.412. The minimum atomic E-state index is -1.02. The van der Waals surface area contributed by atoms with Crippen LogP contribution in [0.4, 0.5) is 0 Å². The molecule has 1 fully saturated rings.